The lowest BCUT2D eigenvalue weighted by Crippen LogP contribution is -2.05. The van der Waals surface area contributed by atoms with E-state index in [1.807, 2.05) is 84.9 Å². The molecule has 0 nitrogen and oxygen atoms in total. The van der Waals surface area contributed by atoms with Gasteiger partial charge in [-0.3, -0.25) is 0 Å². The topological polar surface area (TPSA) is 0 Å². The van der Waals surface area contributed by atoms with Gasteiger partial charge in [-0.2, -0.15) is 26.3 Å². The smallest absolute Gasteiger partial charge is 0.166 e. The molecule has 8 rings (SSSR count). The molecule has 0 radical (unpaired) electrons. The number of fused-ring (bicyclic) bond motifs is 6. The third kappa shape index (κ3) is 5.28. The highest BCUT2D eigenvalue weighted by Gasteiger charge is 2.33. The molecule has 0 aromatic heterocycles. The summed E-state index contributed by atoms with van der Waals surface area (Å²) in [5.74, 6) is 0. The summed E-state index contributed by atoms with van der Waals surface area (Å²) >= 11 is 0. The van der Waals surface area contributed by atoms with E-state index in [0.29, 0.717) is 22.3 Å². The van der Waals surface area contributed by atoms with Crippen molar-refractivity contribution in [3.63, 3.8) is 0 Å². The van der Waals surface area contributed by atoms with Crippen molar-refractivity contribution in [1.82, 2.24) is 0 Å². The summed E-state index contributed by atoms with van der Waals surface area (Å²) in [6.07, 6.45) is -9.10. The Morgan fingerprint density at radius 3 is 0.860 bits per heavy atom. The number of halogens is 6. The molecule has 244 valence electrons. The van der Waals surface area contributed by atoms with Crippen LogP contribution in [0.5, 0.6) is 0 Å². The summed E-state index contributed by atoms with van der Waals surface area (Å²) < 4.78 is 83.2. The minimum absolute atomic E-state index is 0.503. The van der Waals surface area contributed by atoms with Gasteiger partial charge in [0.2, 0.25) is 0 Å². The molecule has 0 fully saturated rings. The first-order valence-corrected chi connectivity index (χ1v) is 16.0. The molecule has 8 aromatic carbocycles. The van der Waals surface area contributed by atoms with Crippen molar-refractivity contribution in [3.8, 4) is 44.5 Å². The minimum atomic E-state index is -4.55. The molecule has 8 aromatic rings. The molecule has 0 saturated carbocycles. The van der Waals surface area contributed by atoms with Gasteiger partial charge in [-0.15, -0.1) is 0 Å². The largest absolute Gasteiger partial charge is 0.416 e. The van der Waals surface area contributed by atoms with Crippen LogP contribution < -0.4 is 0 Å². The minimum Gasteiger partial charge on any atom is -0.166 e. The lowest BCUT2D eigenvalue weighted by molar-refractivity contribution is -0.138. The van der Waals surface area contributed by atoms with E-state index >= 15 is 0 Å². The molecular formula is C44H26F6. The zero-order valence-corrected chi connectivity index (χ0v) is 26.3. The molecule has 0 N–H and O–H groups in total. The van der Waals surface area contributed by atoms with Crippen LogP contribution in [-0.2, 0) is 12.4 Å². The van der Waals surface area contributed by atoms with Gasteiger partial charge in [-0.1, -0.05) is 133 Å². The first-order valence-electron chi connectivity index (χ1n) is 16.0. The molecule has 0 spiro atoms. The fraction of sp³-hybridized carbons (Fsp3) is 0.0455. The third-order valence-electron chi connectivity index (χ3n) is 9.31. The van der Waals surface area contributed by atoms with Crippen LogP contribution in [0.15, 0.2) is 158 Å². The Balaban J connectivity index is 1.69. The van der Waals surface area contributed by atoms with Crippen molar-refractivity contribution < 1.29 is 26.3 Å². The molecule has 0 aliphatic heterocycles. The Kier molecular flexibility index (Phi) is 7.48. The molecule has 0 amide bonds. The van der Waals surface area contributed by atoms with Crippen molar-refractivity contribution in [1.29, 1.82) is 0 Å². The van der Waals surface area contributed by atoms with Gasteiger partial charge in [-0.25, -0.2) is 0 Å². The standard InChI is InChI=1S/C44H26F6/c45-43(46,47)31-23-19-29(20-24-31)37-38(30-21-25-32(26-22-30)44(48,49)50)40(28-13-5-2-6-14-28)42-36-18-10-8-16-34(36)33-15-7-9-17-35(33)41(42)39(37)27-11-3-1-4-12-27/h1-26H. The molecule has 0 unspecified atom stereocenters. The van der Waals surface area contributed by atoms with Crippen LogP contribution in [0.4, 0.5) is 26.3 Å². The van der Waals surface area contributed by atoms with Crippen molar-refractivity contribution in [3.05, 3.63) is 169 Å². The highest BCUT2D eigenvalue weighted by atomic mass is 19.4. The zero-order chi connectivity index (χ0) is 34.6. The molecule has 0 bridgehead atoms. The SMILES string of the molecule is FC(F)(F)c1ccc(-c2c(-c3ccc(C(F)(F)F)cc3)c(-c3ccccc3)c3c4ccccc4c4ccccc4c3c2-c2ccccc2)cc1. The van der Waals surface area contributed by atoms with E-state index in [1.165, 1.54) is 24.3 Å². The molecule has 0 saturated heterocycles. The number of alkyl halides is 6. The first kappa shape index (κ1) is 31.4. The van der Waals surface area contributed by atoms with E-state index in [2.05, 4.69) is 24.3 Å². The average molecular weight is 669 g/mol. The van der Waals surface area contributed by atoms with E-state index < -0.39 is 23.5 Å². The van der Waals surface area contributed by atoms with Crippen LogP contribution in [-0.4, -0.2) is 0 Å². The summed E-state index contributed by atoms with van der Waals surface area (Å²) in [6, 6.07) is 45.5. The van der Waals surface area contributed by atoms with Gasteiger partial charge in [0.25, 0.3) is 0 Å². The molecule has 50 heavy (non-hydrogen) atoms. The molecule has 0 heterocycles. The normalized spacial score (nSPS) is 12.2. The van der Waals surface area contributed by atoms with E-state index in [4.69, 9.17) is 0 Å². The lowest BCUT2D eigenvalue weighted by atomic mass is 9.76. The lowest BCUT2D eigenvalue weighted by Gasteiger charge is -2.26. The second-order valence-electron chi connectivity index (χ2n) is 12.2. The van der Waals surface area contributed by atoms with Crippen LogP contribution in [0.2, 0.25) is 0 Å². The molecule has 0 aliphatic rings. The van der Waals surface area contributed by atoms with E-state index in [0.717, 1.165) is 78.8 Å². The van der Waals surface area contributed by atoms with E-state index in [1.54, 1.807) is 0 Å². The Morgan fingerprint density at radius 2 is 0.540 bits per heavy atom. The van der Waals surface area contributed by atoms with Crippen LogP contribution in [0.1, 0.15) is 11.1 Å². The predicted octanol–water partition coefficient (Wildman–Crippen LogP) is 13.9. The van der Waals surface area contributed by atoms with Crippen molar-refractivity contribution in [2.75, 3.05) is 0 Å². The highest BCUT2D eigenvalue weighted by molar-refractivity contribution is 6.35. The first-order chi connectivity index (χ1) is 24.1. The van der Waals surface area contributed by atoms with Gasteiger partial charge in [0, 0.05) is 0 Å². The maximum atomic E-state index is 13.9. The van der Waals surface area contributed by atoms with Gasteiger partial charge in [-0.05, 0) is 101 Å². The number of hydrogen-bond acceptors (Lipinski definition) is 0. The summed E-state index contributed by atoms with van der Waals surface area (Å²) in [7, 11) is 0. The quantitative estimate of drug-likeness (QED) is 0.129. The maximum absolute atomic E-state index is 13.9. The van der Waals surface area contributed by atoms with Gasteiger partial charge in [0.15, 0.2) is 0 Å². The van der Waals surface area contributed by atoms with E-state index in [-0.39, 0.29) is 0 Å². The van der Waals surface area contributed by atoms with Crippen molar-refractivity contribution >= 4 is 32.3 Å². The Labute approximate surface area is 283 Å². The molecule has 6 heteroatoms. The Morgan fingerprint density at radius 1 is 0.260 bits per heavy atom. The maximum Gasteiger partial charge on any atom is 0.416 e. The highest BCUT2D eigenvalue weighted by Crippen LogP contribution is 2.54. The second-order valence-corrected chi connectivity index (χ2v) is 12.2. The van der Waals surface area contributed by atoms with Crippen molar-refractivity contribution in [2.45, 2.75) is 12.4 Å². The Hall–Kier alpha value is -5.88. The summed E-state index contributed by atoms with van der Waals surface area (Å²) in [6.45, 7) is 0. The zero-order valence-electron chi connectivity index (χ0n) is 26.3. The molecular weight excluding hydrogens is 642 g/mol. The van der Waals surface area contributed by atoms with Crippen LogP contribution >= 0.6 is 0 Å². The molecule has 0 aliphatic carbocycles. The summed E-state index contributed by atoms with van der Waals surface area (Å²) in [5.41, 5.74) is 3.85. The fourth-order valence-electron chi connectivity index (χ4n) is 7.18. The monoisotopic (exact) mass is 668 g/mol. The van der Waals surface area contributed by atoms with Gasteiger partial charge in [0.1, 0.15) is 0 Å². The number of benzene rings is 8. The van der Waals surface area contributed by atoms with Crippen LogP contribution in [0.25, 0.3) is 76.8 Å². The van der Waals surface area contributed by atoms with Crippen LogP contribution in [0.3, 0.4) is 0 Å². The van der Waals surface area contributed by atoms with Gasteiger partial charge in [0.05, 0.1) is 11.1 Å². The van der Waals surface area contributed by atoms with E-state index in [9.17, 15) is 26.3 Å². The average Bonchev–Trinajstić information content (AvgIpc) is 3.14. The predicted molar refractivity (Wildman–Crippen MR) is 191 cm³/mol. The summed E-state index contributed by atoms with van der Waals surface area (Å²) in [4.78, 5) is 0. The van der Waals surface area contributed by atoms with Crippen LogP contribution in [0, 0.1) is 0 Å². The fourth-order valence-corrected chi connectivity index (χ4v) is 7.18. The van der Waals surface area contributed by atoms with Gasteiger partial charge >= 0.3 is 12.4 Å². The molecule has 0 atom stereocenters. The summed E-state index contributed by atoms with van der Waals surface area (Å²) in [5, 5.41) is 5.71. The second kappa shape index (κ2) is 11.9. The third-order valence-corrected chi connectivity index (χ3v) is 9.31. The number of rotatable bonds is 4. The number of hydrogen-bond donors (Lipinski definition) is 0. The van der Waals surface area contributed by atoms with Gasteiger partial charge < -0.3 is 0 Å². The van der Waals surface area contributed by atoms with Crippen molar-refractivity contribution in [2.24, 2.45) is 0 Å². The Bertz CT molecular complexity index is 2330.